The molecule has 3 rings (SSSR count). The van der Waals surface area contributed by atoms with Gasteiger partial charge in [0.1, 0.15) is 11.5 Å². The number of rotatable bonds is 5. The first-order valence-electron chi connectivity index (χ1n) is 7.52. The molecule has 1 heterocycles. The number of fused-ring (bicyclic) bond motifs is 1. The molecule has 0 saturated carbocycles. The molecule has 128 valence electrons. The predicted octanol–water partition coefficient (Wildman–Crippen LogP) is 3.60. The Morgan fingerprint density at radius 3 is 2.68 bits per heavy atom. The van der Waals surface area contributed by atoms with Gasteiger partial charge in [-0.2, -0.15) is 0 Å². The van der Waals surface area contributed by atoms with E-state index in [0.717, 1.165) is 15.2 Å². The van der Waals surface area contributed by atoms with Crippen LogP contribution in [0.1, 0.15) is 5.76 Å². The molecule has 0 radical (unpaired) electrons. The average Bonchev–Trinajstić information content (AvgIpc) is 3.11. The van der Waals surface area contributed by atoms with E-state index in [9.17, 15) is 9.59 Å². The third kappa shape index (κ3) is 4.84. The largest absolute Gasteiger partial charge is 0.484 e. The SMILES string of the molecule is O=C(COc1ccc2cc(Br)ccc2c1)NC(=O)NCc1ccco1. The molecule has 0 spiro atoms. The summed E-state index contributed by atoms with van der Waals surface area (Å²) in [6, 6.07) is 14.2. The standard InChI is InChI=1S/C18H15BrN2O4/c19-14-5-3-13-9-15(6-4-12(13)8-14)25-11-17(22)21-18(23)20-10-16-2-1-7-24-16/h1-9H,10-11H2,(H2,20,21,22,23). The molecule has 0 saturated heterocycles. The van der Waals surface area contributed by atoms with Crippen LogP contribution in [-0.2, 0) is 11.3 Å². The Balaban J connectivity index is 1.48. The summed E-state index contributed by atoms with van der Waals surface area (Å²) in [4.78, 5) is 23.4. The number of hydrogen-bond donors (Lipinski definition) is 2. The maximum absolute atomic E-state index is 11.8. The fraction of sp³-hybridized carbons (Fsp3) is 0.111. The van der Waals surface area contributed by atoms with E-state index in [2.05, 4.69) is 26.6 Å². The van der Waals surface area contributed by atoms with Crippen LogP contribution in [0, 0.1) is 0 Å². The minimum atomic E-state index is -0.603. The third-order valence-electron chi connectivity index (χ3n) is 3.40. The van der Waals surface area contributed by atoms with Gasteiger partial charge in [0.15, 0.2) is 6.61 Å². The number of carbonyl (C=O) groups is 2. The highest BCUT2D eigenvalue weighted by Crippen LogP contribution is 2.24. The highest BCUT2D eigenvalue weighted by Gasteiger charge is 2.09. The highest BCUT2D eigenvalue weighted by molar-refractivity contribution is 9.10. The Morgan fingerprint density at radius 2 is 1.88 bits per heavy atom. The van der Waals surface area contributed by atoms with E-state index in [1.807, 2.05) is 30.3 Å². The van der Waals surface area contributed by atoms with Crippen molar-refractivity contribution < 1.29 is 18.7 Å². The maximum atomic E-state index is 11.8. The number of furan rings is 1. The summed E-state index contributed by atoms with van der Waals surface area (Å²) in [5.74, 6) is 0.621. The van der Waals surface area contributed by atoms with Gasteiger partial charge < -0.3 is 14.5 Å². The average molecular weight is 403 g/mol. The van der Waals surface area contributed by atoms with Crippen LogP contribution < -0.4 is 15.4 Å². The first kappa shape index (κ1) is 17.0. The van der Waals surface area contributed by atoms with Crippen LogP contribution in [0.5, 0.6) is 5.75 Å². The van der Waals surface area contributed by atoms with Crippen molar-refractivity contribution >= 4 is 38.6 Å². The lowest BCUT2D eigenvalue weighted by molar-refractivity contribution is -0.122. The normalized spacial score (nSPS) is 10.4. The molecular formula is C18H15BrN2O4. The van der Waals surface area contributed by atoms with Gasteiger partial charge in [-0.1, -0.05) is 28.1 Å². The van der Waals surface area contributed by atoms with Crippen LogP contribution in [-0.4, -0.2) is 18.5 Å². The number of benzene rings is 2. The molecule has 3 aromatic rings. The molecule has 7 heteroatoms. The molecule has 6 nitrogen and oxygen atoms in total. The molecule has 3 amide bonds. The number of amides is 3. The predicted molar refractivity (Wildman–Crippen MR) is 96.2 cm³/mol. The van der Waals surface area contributed by atoms with Crippen molar-refractivity contribution in [2.24, 2.45) is 0 Å². The first-order valence-corrected chi connectivity index (χ1v) is 8.31. The second kappa shape index (κ2) is 7.85. The van der Waals surface area contributed by atoms with E-state index in [1.54, 1.807) is 18.2 Å². The second-order valence-electron chi connectivity index (χ2n) is 5.25. The van der Waals surface area contributed by atoms with Crippen molar-refractivity contribution in [2.75, 3.05) is 6.61 Å². The van der Waals surface area contributed by atoms with Gasteiger partial charge in [0.2, 0.25) is 0 Å². The summed E-state index contributed by atoms with van der Waals surface area (Å²) in [7, 11) is 0. The third-order valence-corrected chi connectivity index (χ3v) is 3.89. The van der Waals surface area contributed by atoms with Gasteiger partial charge in [0.25, 0.3) is 5.91 Å². The minimum absolute atomic E-state index is 0.202. The zero-order valence-electron chi connectivity index (χ0n) is 13.1. The Bertz CT molecular complexity index is 893. The van der Waals surface area contributed by atoms with E-state index in [4.69, 9.17) is 9.15 Å². The molecule has 1 aromatic heterocycles. The summed E-state index contributed by atoms with van der Waals surface area (Å²) in [6.07, 6.45) is 1.51. The molecule has 0 atom stereocenters. The molecule has 0 aliphatic carbocycles. The van der Waals surface area contributed by atoms with E-state index in [1.165, 1.54) is 6.26 Å². The zero-order valence-corrected chi connectivity index (χ0v) is 14.7. The lowest BCUT2D eigenvalue weighted by atomic mass is 10.1. The minimum Gasteiger partial charge on any atom is -0.484 e. The van der Waals surface area contributed by atoms with Crippen LogP contribution in [0.25, 0.3) is 10.8 Å². The number of hydrogen-bond acceptors (Lipinski definition) is 4. The molecule has 0 aliphatic rings. The molecule has 0 fully saturated rings. The van der Waals surface area contributed by atoms with E-state index >= 15 is 0 Å². The molecular weight excluding hydrogens is 388 g/mol. The molecule has 2 N–H and O–H groups in total. The van der Waals surface area contributed by atoms with Gasteiger partial charge in [-0.15, -0.1) is 0 Å². The molecule has 0 aliphatic heterocycles. The lowest BCUT2D eigenvalue weighted by Crippen LogP contribution is -2.41. The molecule has 2 aromatic carbocycles. The van der Waals surface area contributed by atoms with Gasteiger partial charge in [-0.25, -0.2) is 4.79 Å². The summed E-state index contributed by atoms with van der Waals surface area (Å²) in [6.45, 7) is -0.0522. The van der Waals surface area contributed by atoms with Crippen molar-refractivity contribution in [1.29, 1.82) is 0 Å². The molecule has 0 unspecified atom stereocenters. The monoisotopic (exact) mass is 402 g/mol. The maximum Gasteiger partial charge on any atom is 0.321 e. The number of carbonyl (C=O) groups excluding carboxylic acids is 2. The van der Waals surface area contributed by atoms with Crippen LogP contribution in [0.4, 0.5) is 4.79 Å². The van der Waals surface area contributed by atoms with Gasteiger partial charge in [-0.05, 0) is 47.2 Å². The Hall–Kier alpha value is -2.80. The van der Waals surface area contributed by atoms with Crippen molar-refractivity contribution in [2.45, 2.75) is 6.54 Å². The Labute approximate surface area is 152 Å². The van der Waals surface area contributed by atoms with Crippen LogP contribution in [0.3, 0.4) is 0 Å². The number of nitrogens with one attached hydrogen (secondary N) is 2. The quantitative estimate of drug-likeness (QED) is 0.682. The number of halogens is 1. The second-order valence-corrected chi connectivity index (χ2v) is 6.17. The van der Waals surface area contributed by atoms with Crippen LogP contribution in [0.2, 0.25) is 0 Å². The van der Waals surface area contributed by atoms with Gasteiger partial charge >= 0.3 is 6.03 Å². The van der Waals surface area contributed by atoms with Crippen molar-refractivity contribution in [3.05, 3.63) is 65.0 Å². The van der Waals surface area contributed by atoms with Crippen molar-refractivity contribution in [1.82, 2.24) is 10.6 Å². The topological polar surface area (TPSA) is 80.6 Å². The summed E-state index contributed by atoms with van der Waals surface area (Å²) < 4.78 is 11.5. The van der Waals surface area contributed by atoms with E-state index in [0.29, 0.717) is 11.5 Å². The van der Waals surface area contributed by atoms with Crippen LogP contribution >= 0.6 is 15.9 Å². The van der Waals surface area contributed by atoms with Gasteiger partial charge in [0.05, 0.1) is 12.8 Å². The summed E-state index contributed by atoms with van der Waals surface area (Å²) in [5, 5.41) is 6.77. The van der Waals surface area contributed by atoms with E-state index in [-0.39, 0.29) is 13.2 Å². The summed E-state index contributed by atoms with van der Waals surface area (Å²) in [5.41, 5.74) is 0. The lowest BCUT2D eigenvalue weighted by Gasteiger charge is -2.08. The number of imide groups is 1. The number of ether oxygens (including phenoxy) is 1. The fourth-order valence-corrected chi connectivity index (χ4v) is 2.60. The first-order chi connectivity index (χ1) is 12.1. The van der Waals surface area contributed by atoms with Gasteiger partial charge in [-0.3, -0.25) is 10.1 Å². The molecule has 25 heavy (non-hydrogen) atoms. The molecule has 0 bridgehead atoms. The van der Waals surface area contributed by atoms with Gasteiger partial charge in [0, 0.05) is 4.47 Å². The van der Waals surface area contributed by atoms with Crippen molar-refractivity contribution in [3.8, 4) is 5.75 Å². The Morgan fingerprint density at radius 1 is 1.08 bits per heavy atom. The smallest absolute Gasteiger partial charge is 0.321 e. The highest BCUT2D eigenvalue weighted by atomic mass is 79.9. The number of urea groups is 1. The van der Waals surface area contributed by atoms with Crippen molar-refractivity contribution in [3.63, 3.8) is 0 Å². The summed E-state index contributed by atoms with van der Waals surface area (Å²) >= 11 is 3.42. The van der Waals surface area contributed by atoms with E-state index < -0.39 is 11.9 Å². The zero-order chi connectivity index (χ0) is 17.6. The van der Waals surface area contributed by atoms with Crippen LogP contribution in [0.15, 0.2) is 63.7 Å². The Kier molecular flexibility index (Phi) is 5.35. The fourth-order valence-electron chi connectivity index (χ4n) is 2.22.